The standard InChI is InChI=1S/C17H17N7/c1-2-5-15(6-3-1)11-24-13-16(20-21-24)12-22-9-10-23(14-22)17-18-7-4-8-19-17/h1-10,13H,11-12,14H2. The molecule has 1 aliphatic heterocycles. The van der Waals surface area contributed by atoms with Crippen molar-refractivity contribution in [2.75, 3.05) is 11.6 Å². The summed E-state index contributed by atoms with van der Waals surface area (Å²) in [5.74, 6) is 0.698. The molecular weight excluding hydrogens is 302 g/mol. The molecule has 7 heteroatoms. The Morgan fingerprint density at radius 1 is 0.917 bits per heavy atom. The highest BCUT2D eigenvalue weighted by Crippen LogP contribution is 2.15. The highest BCUT2D eigenvalue weighted by molar-refractivity contribution is 5.35. The van der Waals surface area contributed by atoms with Crippen molar-refractivity contribution in [3.63, 3.8) is 0 Å². The molecule has 7 nitrogen and oxygen atoms in total. The van der Waals surface area contributed by atoms with E-state index in [1.165, 1.54) is 5.56 Å². The third kappa shape index (κ3) is 3.24. The number of rotatable bonds is 5. The van der Waals surface area contributed by atoms with Gasteiger partial charge in [0, 0.05) is 24.8 Å². The predicted molar refractivity (Wildman–Crippen MR) is 89.6 cm³/mol. The summed E-state index contributed by atoms with van der Waals surface area (Å²) in [6.45, 7) is 2.14. The SMILES string of the molecule is C1=CN(c2ncccn2)CN1Cc1cn(Cc2ccccc2)nn1. The maximum absolute atomic E-state index is 4.26. The second kappa shape index (κ2) is 6.49. The molecule has 120 valence electrons. The number of benzene rings is 1. The summed E-state index contributed by atoms with van der Waals surface area (Å²) in [6, 6.07) is 12.1. The fourth-order valence-corrected chi connectivity index (χ4v) is 2.60. The molecular formula is C17H17N7. The van der Waals surface area contributed by atoms with Crippen LogP contribution < -0.4 is 4.90 Å². The Morgan fingerprint density at radius 2 is 1.75 bits per heavy atom. The predicted octanol–water partition coefficient (Wildman–Crippen LogP) is 1.87. The summed E-state index contributed by atoms with van der Waals surface area (Å²) in [5.41, 5.74) is 2.15. The zero-order valence-corrected chi connectivity index (χ0v) is 13.1. The van der Waals surface area contributed by atoms with Crippen LogP contribution in [-0.4, -0.2) is 36.5 Å². The second-order valence-corrected chi connectivity index (χ2v) is 5.60. The van der Waals surface area contributed by atoms with E-state index in [2.05, 4.69) is 37.3 Å². The van der Waals surface area contributed by atoms with Crippen molar-refractivity contribution >= 4 is 5.95 Å². The van der Waals surface area contributed by atoms with E-state index in [9.17, 15) is 0 Å². The quantitative estimate of drug-likeness (QED) is 0.715. The monoisotopic (exact) mass is 319 g/mol. The Kier molecular flexibility index (Phi) is 3.89. The molecule has 4 rings (SSSR count). The summed E-state index contributed by atoms with van der Waals surface area (Å²) in [6.07, 6.45) is 9.47. The molecule has 24 heavy (non-hydrogen) atoms. The number of nitrogens with zero attached hydrogens (tertiary/aromatic N) is 7. The summed E-state index contributed by atoms with van der Waals surface area (Å²) >= 11 is 0. The van der Waals surface area contributed by atoms with Gasteiger partial charge in [0.1, 0.15) is 5.69 Å². The van der Waals surface area contributed by atoms with Crippen LogP contribution in [-0.2, 0) is 13.1 Å². The molecule has 0 spiro atoms. The first kappa shape index (κ1) is 14.4. The first-order valence-corrected chi connectivity index (χ1v) is 7.76. The van der Waals surface area contributed by atoms with Crippen LogP contribution in [0.4, 0.5) is 5.95 Å². The smallest absolute Gasteiger partial charge is 0.230 e. The molecule has 0 aliphatic carbocycles. The fraction of sp³-hybridized carbons (Fsp3) is 0.176. The molecule has 0 bridgehead atoms. The van der Waals surface area contributed by atoms with E-state index < -0.39 is 0 Å². The van der Waals surface area contributed by atoms with Gasteiger partial charge < -0.3 is 4.90 Å². The van der Waals surface area contributed by atoms with E-state index >= 15 is 0 Å². The van der Waals surface area contributed by atoms with Crippen molar-refractivity contribution in [2.45, 2.75) is 13.1 Å². The molecule has 0 amide bonds. The summed E-state index contributed by atoms with van der Waals surface area (Å²) in [4.78, 5) is 12.7. The lowest BCUT2D eigenvalue weighted by Crippen LogP contribution is -2.25. The first-order valence-electron chi connectivity index (χ1n) is 7.76. The van der Waals surface area contributed by atoms with Crippen LogP contribution in [0.1, 0.15) is 11.3 Å². The van der Waals surface area contributed by atoms with Crippen LogP contribution in [0.25, 0.3) is 0 Å². The van der Waals surface area contributed by atoms with Gasteiger partial charge in [-0.1, -0.05) is 35.5 Å². The van der Waals surface area contributed by atoms with Crippen LogP contribution in [0, 0.1) is 0 Å². The molecule has 0 fully saturated rings. The van der Waals surface area contributed by atoms with Crippen LogP contribution >= 0.6 is 0 Å². The first-order chi connectivity index (χ1) is 11.9. The maximum atomic E-state index is 4.26. The zero-order chi connectivity index (χ0) is 16.2. The van der Waals surface area contributed by atoms with Gasteiger partial charge in [0.15, 0.2) is 0 Å². The molecule has 1 aromatic carbocycles. The van der Waals surface area contributed by atoms with Crippen LogP contribution in [0.3, 0.4) is 0 Å². The number of hydrogen-bond acceptors (Lipinski definition) is 6. The van der Waals surface area contributed by atoms with Gasteiger partial charge in [-0.05, 0) is 11.6 Å². The molecule has 0 atom stereocenters. The molecule has 1 aliphatic rings. The summed E-state index contributed by atoms with van der Waals surface area (Å²) < 4.78 is 1.86. The van der Waals surface area contributed by atoms with Crippen molar-refractivity contribution in [3.05, 3.63) is 78.6 Å². The summed E-state index contributed by atoms with van der Waals surface area (Å²) in [5, 5.41) is 8.47. The van der Waals surface area contributed by atoms with E-state index in [4.69, 9.17) is 0 Å². The largest absolute Gasteiger partial charge is 0.352 e. The third-order valence-electron chi connectivity index (χ3n) is 3.74. The van der Waals surface area contributed by atoms with Gasteiger partial charge in [-0.2, -0.15) is 0 Å². The lowest BCUT2D eigenvalue weighted by Gasteiger charge is -2.18. The molecule has 0 N–H and O–H groups in total. The highest BCUT2D eigenvalue weighted by Gasteiger charge is 2.16. The Bertz CT molecular complexity index is 813. The maximum Gasteiger partial charge on any atom is 0.230 e. The lowest BCUT2D eigenvalue weighted by molar-refractivity contribution is 0.393. The molecule has 2 aromatic heterocycles. The van der Waals surface area contributed by atoms with Gasteiger partial charge >= 0.3 is 0 Å². The Morgan fingerprint density at radius 3 is 2.58 bits per heavy atom. The average Bonchev–Trinajstić information content (AvgIpc) is 3.27. The number of hydrogen-bond donors (Lipinski definition) is 0. The van der Waals surface area contributed by atoms with Crippen molar-refractivity contribution in [2.24, 2.45) is 0 Å². The van der Waals surface area contributed by atoms with E-state index in [0.717, 1.165) is 12.2 Å². The Balaban J connectivity index is 1.36. The van der Waals surface area contributed by atoms with Gasteiger partial charge in [0.2, 0.25) is 5.95 Å². The van der Waals surface area contributed by atoms with E-state index in [-0.39, 0.29) is 0 Å². The normalized spacial score (nSPS) is 13.7. The van der Waals surface area contributed by atoms with Gasteiger partial charge in [0.25, 0.3) is 0 Å². The van der Waals surface area contributed by atoms with E-state index in [1.807, 2.05) is 52.4 Å². The van der Waals surface area contributed by atoms with Crippen LogP contribution in [0.5, 0.6) is 0 Å². The van der Waals surface area contributed by atoms with Crippen LogP contribution in [0.15, 0.2) is 67.4 Å². The molecule has 0 unspecified atom stereocenters. The average molecular weight is 319 g/mol. The minimum absolute atomic E-state index is 0.698. The zero-order valence-electron chi connectivity index (χ0n) is 13.1. The highest BCUT2D eigenvalue weighted by atomic mass is 15.4. The molecule has 0 radical (unpaired) electrons. The van der Waals surface area contributed by atoms with Crippen molar-refractivity contribution in [3.8, 4) is 0 Å². The van der Waals surface area contributed by atoms with Gasteiger partial charge in [-0.25, -0.2) is 14.6 Å². The van der Waals surface area contributed by atoms with Crippen molar-refractivity contribution in [1.82, 2.24) is 29.9 Å². The molecule has 3 heterocycles. The second-order valence-electron chi connectivity index (χ2n) is 5.60. The van der Waals surface area contributed by atoms with Crippen molar-refractivity contribution in [1.29, 1.82) is 0 Å². The minimum atomic E-state index is 0.698. The number of anilines is 1. The lowest BCUT2D eigenvalue weighted by atomic mass is 10.2. The molecule has 0 saturated carbocycles. The van der Waals surface area contributed by atoms with Crippen LogP contribution in [0.2, 0.25) is 0 Å². The minimum Gasteiger partial charge on any atom is -0.352 e. The molecule has 3 aromatic rings. The van der Waals surface area contributed by atoms with Gasteiger partial charge in [0.05, 0.1) is 26.0 Å². The Labute approximate surface area is 139 Å². The number of aromatic nitrogens is 5. The van der Waals surface area contributed by atoms with Gasteiger partial charge in [-0.15, -0.1) is 5.10 Å². The van der Waals surface area contributed by atoms with Gasteiger partial charge in [-0.3, -0.25) is 4.90 Å². The molecule has 0 saturated heterocycles. The third-order valence-corrected chi connectivity index (χ3v) is 3.74. The fourth-order valence-electron chi connectivity index (χ4n) is 2.60. The van der Waals surface area contributed by atoms with E-state index in [1.54, 1.807) is 12.4 Å². The van der Waals surface area contributed by atoms with E-state index in [0.29, 0.717) is 19.2 Å². The topological polar surface area (TPSA) is 63.0 Å². The van der Waals surface area contributed by atoms with Crippen molar-refractivity contribution < 1.29 is 0 Å². The summed E-state index contributed by atoms with van der Waals surface area (Å²) in [7, 11) is 0. The Hall–Kier alpha value is -3.22.